The minimum absolute atomic E-state index is 0.0386. The third-order valence-corrected chi connectivity index (χ3v) is 4.12. The standard InChI is InChI=1S/C17H23N7O5/c18-16(19)23-4-6-24(7-5-23)17(29)21-9-13(25)22-12-3-1-2-11(8-12)15(28)20-10-14(26)27/h1-3,8H,4-7,9-10H2,(H3,18,19)(H,20,28)(H,21,29)(H,22,25)(H,26,27). The molecule has 0 saturated carbocycles. The fourth-order valence-electron chi connectivity index (χ4n) is 2.62. The molecule has 0 atom stereocenters. The molecule has 1 saturated heterocycles. The number of aliphatic carboxylic acids is 1. The molecule has 12 heteroatoms. The Morgan fingerprint density at radius 3 is 2.31 bits per heavy atom. The molecule has 0 bridgehead atoms. The highest BCUT2D eigenvalue weighted by atomic mass is 16.4. The van der Waals surface area contributed by atoms with Crippen molar-refractivity contribution >= 4 is 35.5 Å². The van der Waals surface area contributed by atoms with Crippen LogP contribution in [0.3, 0.4) is 0 Å². The zero-order chi connectivity index (χ0) is 21.4. The first kappa shape index (κ1) is 21.5. The van der Waals surface area contributed by atoms with Crippen LogP contribution in [0.2, 0.25) is 0 Å². The van der Waals surface area contributed by atoms with Gasteiger partial charge in [-0.1, -0.05) is 6.07 Å². The largest absolute Gasteiger partial charge is 0.480 e. The normalized spacial score (nSPS) is 13.4. The summed E-state index contributed by atoms with van der Waals surface area (Å²) in [5.41, 5.74) is 5.93. The molecule has 0 radical (unpaired) electrons. The number of rotatable bonds is 6. The van der Waals surface area contributed by atoms with Gasteiger partial charge in [0.05, 0.1) is 6.54 Å². The van der Waals surface area contributed by atoms with E-state index in [-0.39, 0.29) is 18.1 Å². The molecule has 1 fully saturated rings. The average molecular weight is 405 g/mol. The minimum Gasteiger partial charge on any atom is -0.480 e. The van der Waals surface area contributed by atoms with Gasteiger partial charge < -0.3 is 36.6 Å². The number of benzene rings is 1. The number of hydrogen-bond donors (Lipinski definition) is 6. The third-order valence-electron chi connectivity index (χ3n) is 4.12. The van der Waals surface area contributed by atoms with E-state index in [0.29, 0.717) is 31.9 Å². The third kappa shape index (κ3) is 6.68. The second-order valence-electron chi connectivity index (χ2n) is 6.22. The van der Waals surface area contributed by atoms with E-state index in [1.807, 2.05) is 0 Å². The summed E-state index contributed by atoms with van der Waals surface area (Å²) in [5, 5.41) is 23.3. The van der Waals surface area contributed by atoms with E-state index >= 15 is 0 Å². The van der Waals surface area contributed by atoms with Crippen LogP contribution in [0.4, 0.5) is 10.5 Å². The fourth-order valence-corrected chi connectivity index (χ4v) is 2.62. The van der Waals surface area contributed by atoms with Gasteiger partial charge in [0.2, 0.25) is 5.91 Å². The molecule has 1 heterocycles. The van der Waals surface area contributed by atoms with Gasteiger partial charge in [0.1, 0.15) is 6.54 Å². The zero-order valence-electron chi connectivity index (χ0n) is 15.6. The van der Waals surface area contributed by atoms with Crippen molar-refractivity contribution in [3.63, 3.8) is 0 Å². The Morgan fingerprint density at radius 2 is 1.69 bits per heavy atom. The summed E-state index contributed by atoms with van der Waals surface area (Å²) in [6.07, 6.45) is 0. The molecular formula is C17H23N7O5. The van der Waals surface area contributed by atoms with Crippen molar-refractivity contribution in [1.82, 2.24) is 20.4 Å². The summed E-state index contributed by atoms with van der Waals surface area (Å²) >= 11 is 0. The summed E-state index contributed by atoms with van der Waals surface area (Å²) < 4.78 is 0. The smallest absolute Gasteiger partial charge is 0.322 e. The van der Waals surface area contributed by atoms with Crippen molar-refractivity contribution in [3.05, 3.63) is 29.8 Å². The van der Waals surface area contributed by atoms with Crippen molar-refractivity contribution in [3.8, 4) is 0 Å². The highest BCUT2D eigenvalue weighted by Crippen LogP contribution is 2.10. The topological polar surface area (TPSA) is 181 Å². The van der Waals surface area contributed by atoms with E-state index in [2.05, 4.69) is 16.0 Å². The van der Waals surface area contributed by atoms with E-state index in [4.69, 9.17) is 16.2 Å². The lowest BCUT2D eigenvalue weighted by atomic mass is 10.2. The molecule has 0 aliphatic carbocycles. The molecule has 29 heavy (non-hydrogen) atoms. The Labute approximate surface area is 166 Å². The zero-order valence-corrected chi connectivity index (χ0v) is 15.6. The molecule has 1 aliphatic rings. The first-order chi connectivity index (χ1) is 13.8. The summed E-state index contributed by atoms with van der Waals surface area (Å²) in [6, 6.07) is 5.59. The Morgan fingerprint density at radius 1 is 1.03 bits per heavy atom. The quantitative estimate of drug-likeness (QED) is 0.250. The highest BCUT2D eigenvalue weighted by Gasteiger charge is 2.21. The van der Waals surface area contributed by atoms with Gasteiger partial charge >= 0.3 is 12.0 Å². The van der Waals surface area contributed by atoms with Crippen LogP contribution in [-0.2, 0) is 9.59 Å². The molecule has 0 spiro atoms. The Bertz CT molecular complexity index is 805. The number of amides is 4. The molecule has 2 rings (SSSR count). The number of carbonyl (C=O) groups excluding carboxylic acids is 3. The number of piperazine rings is 1. The second kappa shape index (κ2) is 9.92. The van der Waals surface area contributed by atoms with Crippen LogP contribution in [-0.4, -0.2) is 83.9 Å². The van der Waals surface area contributed by atoms with Crippen molar-refractivity contribution in [2.75, 3.05) is 44.6 Å². The lowest BCUT2D eigenvalue weighted by molar-refractivity contribution is -0.135. The fraction of sp³-hybridized carbons (Fsp3) is 0.353. The molecule has 7 N–H and O–H groups in total. The van der Waals surface area contributed by atoms with Gasteiger partial charge in [-0.15, -0.1) is 0 Å². The molecule has 156 valence electrons. The first-order valence-electron chi connectivity index (χ1n) is 8.78. The Hall–Kier alpha value is -3.83. The number of nitrogens with one attached hydrogen (secondary N) is 4. The first-order valence-corrected chi connectivity index (χ1v) is 8.78. The molecule has 0 unspecified atom stereocenters. The van der Waals surface area contributed by atoms with E-state index in [1.165, 1.54) is 17.0 Å². The molecular weight excluding hydrogens is 382 g/mol. The number of nitrogens with two attached hydrogens (primary N) is 1. The van der Waals surface area contributed by atoms with Crippen molar-refractivity contribution < 1.29 is 24.3 Å². The van der Waals surface area contributed by atoms with Gasteiger partial charge in [-0.2, -0.15) is 0 Å². The van der Waals surface area contributed by atoms with Crippen molar-refractivity contribution in [2.24, 2.45) is 5.73 Å². The van der Waals surface area contributed by atoms with Crippen molar-refractivity contribution in [2.45, 2.75) is 0 Å². The number of carbonyl (C=O) groups is 4. The monoisotopic (exact) mass is 405 g/mol. The summed E-state index contributed by atoms with van der Waals surface area (Å²) in [6.45, 7) is 0.905. The molecule has 1 aliphatic heterocycles. The van der Waals surface area contributed by atoms with Gasteiger partial charge in [-0.25, -0.2) is 4.79 Å². The average Bonchev–Trinajstić information content (AvgIpc) is 2.70. The summed E-state index contributed by atoms with van der Waals surface area (Å²) in [5.74, 6) is -2.27. The Kier molecular flexibility index (Phi) is 7.34. The van der Waals surface area contributed by atoms with Crippen LogP contribution in [0.25, 0.3) is 0 Å². The van der Waals surface area contributed by atoms with Crippen molar-refractivity contribution in [1.29, 1.82) is 5.41 Å². The minimum atomic E-state index is -1.17. The maximum absolute atomic E-state index is 12.1. The lowest BCUT2D eigenvalue weighted by Crippen LogP contribution is -2.55. The maximum atomic E-state index is 12.1. The Balaban J connectivity index is 1.80. The van der Waals surface area contributed by atoms with Crippen LogP contribution in [0.1, 0.15) is 10.4 Å². The number of hydrogen-bond acceptors (Lipinski definition) is 5. The van der Waals surface area contributed by atoms with E-state index < -0.39 is 30.4 Å². The van der Waals surface area contributed by atoms with Crippen LogP contribution < -0.4 is 21.7 Å². The van der Waals surface area contributed by atoms with Gasteiger partial charge in [0, 0.05) is 37.4 Å². The number of carboxylic acid groups (broad SMARTS) is 1. The number of anilines is 1. The second-order valence-corrected chi connectivity index (χ2v) is 6.22. The van der Waals surface area contributed by atoms with Crippen LogP contribution in [0.15, 0.2) is 24.3 Å². The van der Waals surface area contributed by atoms with E-state index in [9.17, 15) is 19.2 Å². The molecule has 1 aromatic rings. The number of carboxylic acids is 1. The predicted molar refractivity (Wildman–Crippen MR) is 103 cm³/mol. The summed E-state index contributed by atoms with van der Waals surface area (Å²) in [4.78, 5) is 49.7. The predicted octanol–water partition coefficient (Wildman–Crippen LogP) is -1.34. The lowest BCUT2D eigenvalue weighted by Gasteiger charge is -2.34. The van der Waals surface area contributed by atoms with Gasteiger partial charge in [0.25, 0.3) is 5.91 Å². The highest BCUT2D eigenvalue weighted by molar-refractivity contribution is 5.99. The maximum Gasteiger partial charge on any atom is 0.322 e. The van der Waals surface area contributed by atoms with Gasteiger partial charge in [0.15, 0.2) is 5.96 Å². The molecule has 4 amide bonds. The van der Waals surface area contributed by atoms with Gasteiger partial charge in [-0.05, 0) is 18.2 Å². The van der Waals surface area contributed by atoms with Crippen LogP contribution >= 0.6 is 0 Å². The SMILES string of the molecule is N=C(N)N1CCN(C(=O)NCC(=O)Nc2cccc(C(=O)NCC(=O)O)c2)CC1. The van der Waals surface area contributed by atoms with Gasteiger partial charge in [-0.3, -0.25) is 19.8 Å². The number of urea groups is 1. The number of nitrogens with zero attached hydrogens (tertiary/aromatic N) is 2. The molecule has 1 aromatic carbocycles. The van der Waals surface area contributed by atoms with E-state index in [1.54, 1.807) is 17.0 Å². The number of guanidine groups is 1. The van der Waals surface area contributed by atoms with E-state index in [0.717, 1.165) is 0 Å². The molecule has 12 nitrogen and oxygen atoms in total. The van der Waals surface area contributed by atoms with Crippen LogP contribution in [0, 0.1) is 5.41 Å². The summed E-state index contributed by atoms with van der Waals surface area (Å²) in [7, 11) is 0. The van der Waals surface area contributed by atoms with Crippen LogP contribution in [0.5, 0.6) is 0 Å². The molecule has 0 aromatic heterocycles.